The third kappa shape index (κ3) is 5.60. The molecule has 0 amide bonds. The third-order valence-electron chi connectivity index (χ3n) is 5.33. The summed E-state index contributed by atoms with van der Waals surface area (Å²) in [4.78, 5) is 8.86. The Bertz CT molecular complexity index is 920. The summed E-state index contributed by atoms with van der Waals surface area (Å²) in [6, 6.07) is 11.3. The van der Waals surface area contributed by atoms with Gasteiger partial charge < -0.3 is 29.7 Å². The molecule has 9 heteroatoms. The number of para-hydroxylation sites is 2. The van der Waals surface area contributed by atoms with Crippen molar-refractivity contribution in [3.63, 3.8) is 0 Å². The lowest BCUT2D eigenvalue weighted by atomic mass is 10.2. The van der Waals surface area contributed by atoms with E-state index >= 15 is 0 Å². The van der Waals surface area contributed by atoms with E-state index in [1.807, 2.05) is 30.3 Å². The molecular weight excluding hydrogens is 531 g/mol. The largest absolute Gasteiger partial charge is 0.506 e. The molecule has 2 aromatic carbocycles. The van der Waals surface area contributed by atoms with Crippen molar-refractivity contribution in [3.8, 4) is 17.2 Å². The number of nitrogens with zero attached hydrogens (tertiary/aromatic N) is 3. The fourth-order valence-corrected chi connectivity index (χ4v) is 4.08. The van der Waals surface area contributed by atoms with Gasteiger partial charge >= 0.3 is 0 Å². The Balaban J connectivity index is 0.00000272. The summed E-state index contributed by atoms with van der Waals surface area (Å²) in [6.07, 6.45) is 0.845. The summed E-state index contributed by atoms with van der Waals surface area (Å²) in [7, 11) is 1.79. The second-order valence-corrected chi connectivity index (χ2v) is 7.73. The van der Waals surface area contributed by atoms with Crippen LogP contribution in [0.5, 0.6) is 17.2 Å². The van der Waals surface area contributed by atoms with E-state index in [0.29, 0.717) is 42.0 Å². The van der Waals surface area contributed by atoms with Crippen molar-refractivity contribution < 1.29 is 14.6 Å². The lowest BCUT2D eigenvalue weighted by Gasteiger charge is -2.37. The molecule has 0 bridgehead atoms. The van der Waals surface area contributed by atoms with Crippen molar-refractivity contribution in [2.75, 3.05) is 51.3 Å². The van der Waals surface area contributed by atoms with Crippen LogP contribution in [0.4, 0.5) is 5.69 Å². The number of ether oxygens (including phenoxy) is 2. The number of aliphatic imine (C=N–C) groups is 1. The van der Waals surface area contributed by atoms with Crippen molar-refractivity contribution in [1.82, 2.24) is 10.2 Å². The lowest BCUT2D eigenvalue weighted by molar-refractivity contribution is 0.297. The maximum atomic E-state index is 10.1. The average molecular weight is 559 g/mol. The molecule has 2 aliphatic rings. The van der Waals surface area contributed by atoms with Gasteiger partial charge in [0.25, 0.3) is 0 Å². The number of piperazine rings is 1. The van der Waals surface area contributed by atoms with Crippen LogP contribution in [-0.2, 0) is 6.54 Å². The minimum atomic E-state index is 0. The van der Waals surface area contributed by atoms with Gasteiger partial charge in [-0.05, 0) is 29.8 Å². The molecule has 0 aromatic heterocycles. The number of nitrogens with one attached hydrogen (secondary N) is 1. The number of halogens is 2. The molecule has 2 aliphatic heterocycles. The van der Waals surface area contributed by atoms with E-state index in [-0.39, 0.29) is 24.0 Å². The first-order valence-electron chi connectivity index (χ1n) is 10.2. The molecule has 2 aromatic rings. The van der Waals surface area contributed by atoms with Crippen LogP contribution >= 0.6 is 35.6 Å². The minimum absolute atomic E-state index is 0. The number of benzene rings is 2. The molecule has 0 unspecified atom stereocenters. The van der Waals surface area contributed by atoms with Crippen LogP contribution in [0.25, 0.3) is 0 Å². The van der Waals surface area contributed by atoms with E-state index in [2.05, 4.69) is 20.1 Å². The zero-order valence-electron chi connectivity index (χ0n) is 17.5. The number of rotatable bonds is 3. The van der Waals surface area contributed by atoms with E-state index in [1.165, 1.54) is 0 Å². The molecule has 7 nitrogen and oxygen atoms in total. The van der Waals surface area contributed by atoms with Gasteiger partial charge in [0.05, 0.1) is 23.9 Å². The van der Waals surface area contributed by atoms with E-state index in [0.717, 1.165) is 49.8 Å². The molecule has 0 aliphatic carbocycles. The highest BCUT2D eigenvalue weighted by molar-refractivity contribution is 14.0. The molecule has 1 fully saturated rings. The first-order chi connectivity index (χ1) is 14.7. The summed E-state index contributed by atoms with van der Waals surface area (Å²) in [5.41, 5.74) is 1.89. The monoisotopic (exact) mass is 558 g/mol. The molecule has 1 saturated heterocycles. The van der Waals surface area contributed by atoms with Gasteiger partial charge in [0.1, 0.15) is 5.75 Å². The number of fused-ring (bicyclic) bond motifs is 1. The van der Waals surface area contributed by atoms with Gasteiger partial charge in [-0.15, -0.1) is 24.0 Å². The quantitative estimate of drug-likeness (QED) is 0.340. The standard InChI is InChI=1S/C22H27ClN4O3.HI/c1-24-22(27-9-7-26(8-10-27)18-5-2-3-6-19(18)28)25-15-16-13-17(23)21-20(14-16)29-11-4-12-30-21;/h2-3,5-6,13-14,28H,4,7-12,15H2,1H3,(H,24,25);1H. The Kier molecular flexibility index (Phi) is 8.36. The van der Waals surface area contributed by atoms with Crippen molar-refractivity contribution in [2.24, 2.45) is 4.99 Å². The van der Waals surface area contributed by atoms with Crippen LogP contribution in [0.2, 0.25) is 5.02 Å². The lowest BCUT2D eigenvalue weighted by Crippen LogP contribution is -2.52. The van der Waals surface area contributed by atoms with Gasteiger partial charge in [-0.25, -0.2) is 0 Å². The van der Waals surface area contributed by atoms with Crippen LogP contribution in [0, 0.1) is 0 Å². The molecule has 2 heterocycles. The predicted molar refractivity (Wildman–Crippen MR) is 135 cm³/mol. The number of anilines is 1. The van der Waals surface area contributed by atoms with Gasteiger partial charge in [0.2, 0.25) is 0 Å². The van der Waals surface area contributed by atoms with Crippen molar-refractivity contribution in [3.05, 3.63) is 47.0 Å². The zero-order valence-corrected chi connectivity index (χ0v) is 20.6. The number of aromatic hydroxyl groups is 1. The molecule has 0 saturated carbocycles. The van der Waals surface area contributed by atoms with Gasteiger partial charge in [0.15, 0.2) is 17.5 Å². The van der Waals surface area contributed by atoms with Crippen LogP contribution in [-0.4, -0.2) is 62.4 Å². The average Bonchev–Trinajstić information content (AvgIpc) is 3.01. The first kappa shape index (κ1) is 23.6. The van der Waals surface area contributed by atoms with E-state index in [1.54, 1.807) is 13.1 Å². The van der Waals surface area contributed by atoms with Crippen LogP contribution in [0.3, 0.4) is 0 Å². The molecule has 0 radical (unpaired) electrons. The third-order valence-corrected chi connectivity index (χ3v) is 5.61. The normalized spacial score (nSPS) is 16.4. The fraction of sp³-hybridized carbons (Fsp3) is 0.409. The summed E-state index contributed by atoms with van der Waals surface area (Å²) >= 11 is 6.41. The summed E-state index contributed by atoms with van der Waals surface area (Å²) in [5, 5.41) is 14.1. The Morgan fingerprint density at radius 3 is 2.61 bits per heavy atom. The molecule has 31 heavy (non-hydrogen) atoms. The topological polar surface area (TPSA) is 69.6 Å². The Labute approximate surface area is 205 Å². The molecular formula is C22H28ClIN4O3. The first-order valence-corrected chi connectivity index (χ1v) is 10.6. The highest BCUT2D eigenvalue weighted by Gasteiger charge is 2.22. The number of hydrogen-bond donors (Lipinski definition) is 2. The van der Waals surface area contributed by atoms with Gasteiger partial charge in [-0.3, -0.25) is 4.99 Å². The maximum absolute atomic E-state index is 10.1. The van der Waals surface area contributed by atoms with Crippen molar-refractivity contribution in [2.45, 2.75) is 13.0 Å². The molecule has 0 spiro atoms. The van der Waals surface area contributed by atoms with E-state index < -0.39 is 0 Å². The van der Waals surface area contributed by atoms with Crippen LogP contribution < -0.4 is 19.7 Å². The van der Waals surface area contributed by atoms with Crippen molar-refractivity contribution >= 4 is 47.2 Å². The van der Waals surface area contributed by atoms with Gasteiger partial charge in [0, 0.05) is 46.2 Å². The highest BCUT2D eigenvalue weighted by atomic mass is 127. The van der Waals surface area contributed by atoms with Gasteiger partial charge in [-0.2, -0.15) is 0 Å². The molecule has 4 rings (SSSR count). The van der Waals surface area contributed by atoms with Crippen LogP contribution in [0.1, 0.15) is 12.0 Å². The minimum Gasteiger partial charge on any atom is -0.506 e. The number of phenolic OH excluding ortho intramolecular Hbond substituents is 1. The predicted octanol–water partition coefficient (Wildman–Crippen LogP) is 3.72. The van der Waals surface area contributed by atoms with E-state index in [9.17, 15) is 5.11 Å². The summed E-state index contributed by atoms with van der Waals surface area (Å²) < 4.78 is 11.5. The smallest absolute Gasteiger partial charge is 0.194 e. The Hall–Kier alpha value is -2.07. The summed E-state index contributed by atoms with van der Waals surface area (Å²) in [6.45, 7) is 5.09. The van der Waals surface area contributed by atoms with Gasteiger partial charge in [-0.1, -0.05) is 23.7 Å². The summed E-state index contributed by atoms with van der Waals surface area (Å²) in [5.74, 6) is 2.49. The Morgan fingerprint density at radius 1 is 1.13 bits per heavy atom. The second kappa shape index (κ2) is 11.0. The Morgan fingerprint density at radius 2 is 1.87 bits per heavy atom. The number of hydrogen-bond acceptors (Lipinski definition) is 5. The van der Waals surface area contributed by atoms with E-state index in [4.69, 9.17) is 21.1 Å². The number of guanidine groups is 1. The molecule has 0 atom stereocenters. The van der Waals surface area contributed by atoms with Crippen molar-refractivity contribution in [1.29, 1.82) is 0 Å². The second-order valence-electron chi connectivity index (χ2n) is 7.32. The highest BCUT2D eigenvalue weighted by Crippen LogP contribution is 2.38. The maximum Gasteiger partial charge on any atom is 0.194 e. The molecule has 168 valence electrons. The molecule has 2 N–H and O–H groups in total. The number of phenols is 1. The SMILES string of the molecule is CN=C(NCc1cc(Cl)c2c(c1)OCCCO2)N1CCN(c2ccccc2O)CC1.I. The fourth-order valence-electron chi connectivity index (χ4n) is 3.79. The zero-order chi connectivity index (χ0) is 20.9. The van der Waals surface area contributed by atoms with Crippen LogP contribution in [0.15, 0.2) is 41.4 Å².